The van der Waals surface area contributed by atoms with Crippen LogP contribution in [-0.2, 0) is 22.0 Å². The molecule has 0 saturated heterocycles. The lowest BCUT2D eigenvalue weighted by molar-refractivity contribution is -0.139. The summed E-state index contributed by atoms with van der Waals surface area (Å²) in [4.78, 5) is 35.2. The van der Waals surface area contributed by atoms with Gasteiger partial charge in [-0.3, -0.25) is 4.79 Å². The van der Waals surface area contributed by atoms with Gasteiger partial charge in [0.05, 0.1) is 0 Å². The highest BCUT2D eigenvalue weighted by atomic mass is 35.5. The Morgan fingerprint density at radius 3 is 2.26 bits per heavy atom. The first kappa shape index (κ1) is 20.3. The van der Waals surface area contributed by atoms with E-state index in [4.69, 9.17) is 16.3 Å². The summed E-state index contributed by atoms with van der Waals surface area (Å²) in [5, 5.41) is 13.9. The summed E-state index contributed by atoms with van der Waals surface area (Å²) in [5.41, 5.74) is 1.99. The van der Waals surface area contributed by atoms with E-state index in [0.717, 1.165) is 11.1 Å². The van der Waals surface area contributed by atoms with Crippen molar-refractivity contribution in [2.24, 2.45) is 0 Å². The van der Waals surface area contributed by atoms with Gasteiger partial charge in [-0.05, 0) is 23.3 Å². The molecule has 1 atom stereocenters. The number of rotatable bonds is 8. The van der Waals surface area contributed by atoms with Crippen LogP contribution in [0.2, 0.25) is 0 Å². The molecule has 0 spiro atoms. The van der Waals surface area contributed by atoms with Gasteiger partial charge >= 0.3 is 12.1 Å². The molecule has 0 aliphatic carbocycles. The van der Waals surface area contributed by atoms with Gasteiger partial charge in [-0.15, -0.1) is 11.6 Å². The molecule has 0 radical (unpaired) electrons. The summed E-state index contributed by atoms with van der Waals surface area (Å²) in [6, 6.07) is 14.2. The maximum absolute atomic E-state index is 12.1. The molecule has 2 aromatic rings. The minimum absolute atomic E-state index is 0.0122. The maximum atomic E-state index is 12.1. The molecule has 2 amide bonds. The van der Waals surface area contributed by atoms with Crippen LogP contribution in [0, 0.1) is 0 Å². The smallest absolute Gasteiger partial charge is 0.408 e. The van der Waals surface area contributed by atoms with Gasteiger partial charge in [0.15, 0.2) is 0 Å². The normalized spacial score (nSPS) is 11.3. The van der Waals surface area contributed by atoms with E-state index in [0.29, 0.717) is 11.4 Å². The van der Waals surface area contributed by atoms with E-state index >= 15 is 0 Å². The van der Waals surface area contributed by atoms with Crippen molar-refractivity contribution in [1.82, 2.24) is 10.6 Å². The second-order valence-corrected chi connectivity index (χ2v) is 5.90. The van der Waals surface area contributed by atoms with Gasteiger partial charge in [0.2, 0.25) is 0 Å². The van der Waals surface area contributed by atoms with Crippen molar-refractivity contribution in [3.8, 4) is 0 Å². The van der Waals surface area contributed by atoms with Crippen molar-refractivity contribution in [2.75, 3.05) is 6.54 Å². The Balaban J connectivity index is 1.84. The SMILES string of the molecule is O=C(NC(CNC(=O)c1ccc(CCl)cc1)C(=O)O)OCc1ccccc1. The van der Waals surface area contributed by atoms with Gasteiger partial charge in [0.1, 0.15) is 12.6 Å². The lowest BCUT2D eigenvalue weighted by Gasteiger charge is -2.15. The van der Waals surface area contributed by atoms with E-state index in [2.05, 4.69) is 10.6 Å². The third kappa shape index (κ3) is 6.63. The summed E-state index contributed by atoms with van der Waals surface area (Å²) < 4.78 is 4.99. The Morgan fingerprint density at radius 1 is 1.00 bits per heavy atom. The lowest BCUT2D eigenvalue weighted by atomic mass is 10.1. The van der Waals surface area contributed by atoms with Crippen molar-refractivity contribution in [1.29, 1.82) is 0 Å². The number of alkyl halides is 1. The molecule has 1 unspecified atom stereocenters. The van der Waals surface area contributed by atoms with Gasteiger partial charge in [0.25, 0.3) is 5.91 Å². The molecule has 0 aromatic heterocycles. The zero-order valence-corrected chi connectivity index (χ0v) is 15.1. The second-order valence-electron chi connectivity index (χ2n) is 5.64. The fraction of sp³-hybridized carbons (Fsp3) is 0.211. The monoisotopic (exact) mass is 390 g/mol. The molecule has 0 aliphatic rings. The summed E-state index contributed by atoms with van der Waals surface area (Å²) in [5.74, 6) is -1.41. The second kappa shape index (κ2) is 10.2. The predicted octanol–water partition coefficient (Wildman–Crippen LogP) is 2.53. The molecule has 142 valence electrons. The van der Waals surface area contributed by atoms with Crippen LogP contribution in [0.5, 0.6) is 0 Å². The number of carbonyl (C=O) groups is 3. The van der Waals surface area contributed by atoms with Crippen molar-refractivity contribution < 1.29 is 24.2 Å². The molecular weight excluding hydrogens is 372 g/mol. The molecule has 2 aromatic carbocycles. The van der Waals surface area contributed by atoms with Crippen molar-refractivity contribution in [3.63, 3.8) is 0 Å². The number of alkyl carbamates (subject to hydrolysis) is 1. The van der Waals surface area contributed by atoms with Crippen LogP contribution in [0.25, 0.3) is 0 Å². The average molecular weight is 391 g/mol. The summed E-state index contributed by atoms with van der Waals surface area (Å²) >= 11 is 5.69. The molecule has 27 heavy (non-hydrogen) atoms. The van der Waals surface area contributed by atoms with Crippen LogP contribution < -0.4 is 10.6 Å². The summed E-state index contributed by atoms with van der Waals surface area (Å²) in [7, 11) is 0. The third-order valence-corrected chi connectivity index (χ3v) is 3.95. The molecule has 2 rings (SSSR count). The van der Waals surface area contributed by atoms with Crippen molar-refractivity contribution in [3.05, 3.63) is 71.3 Å². The fourth-order valence-corrected chi connectivity index (χ4v) is 2.33. The van der Waals surface area contributed by atoms with Gasteiger partial charge in [0, 0.05) is 18.0 Å². The lowest BCUT2D eigenvalue weighted by Crippen LogP contribution is -2.48. The van der Waals surface area contributed by atoms with E-state index < -0.39 is 24.0 Å². The van der Waals surface area contributed by atoms with Crippen LogP contribution in [0.4, 0.5) is 4.79 Å². The highest BCUT2D eigenvalue weighted by Crippen LogP contribution is 2.07. The number of carboxylic acids is 1. The van der Waals surface area contributed by atoms with Crippen molar-refractivity contribution in [2.45, 2.75) is 18.5 Å². The number of hydrogen-bond donors (Lipinski definition) is 3. The summed E-state index contributed by atoms with van der Waals surface area (Å²) in [6.45, 7) is -0.274. The first-order valence-corrected chi connectivity index (χ1v) is 8.66. The predicted molar refractivity (Wildman–Crippen MR) is 99.5 cm³/mol. The van der Waals surface area contributed by atoms with Gasteiger partial charge in [-0.2, -0.15) is 0 Å². The number of hydrogen-bond acceptors (Lipinski definition) is 4. The molecule has 0 aliphatic heterocycles. The van der Waals surface area contributed by atoms with Crippen LogP contribution >= 0.6 is 11.6 Å². The van der Waals surface area contributed by atoms with Crippen LogP contribution in [0.15, 0.2) is 54.6 Å². The van der Waals surface area contributed by atoms with E-state index in [1.165, 1.54) is 0 Å². The average Bonchev–Trinajstić information content (AvgIpc) is 2.70. The number of nitrogens with one attached hydrogen (secondary N) is 2. The molecule has 7 nitrogen and oxygen atoms in total. The minimum atomic E-state index is -1.32. The molecule has 8 heteroatoms. The Kier molecular flexibility index (Phi) is 7.63. The first-order valence-electron chi connectivity index (χ1n) is 8.12. The molecule has 0 fully saturated rings. The van der Waals surface area contributed by atoms with Crippen molar-refractivity contribution >= 4 is 29.6 Å². The Morgan fingerprint density at radius 2 is 1.67 bits per heavy atom. The van der Waals surface area contributed by atoms with Crippen LogP contribution in [0.1, 0.15) is 21.5 Å². The van der Waals surface area contributed by atoms with E-state index in [-0.39, 0.29) is 13.2 Å². The number of benzene rings is 2. The number of ether oxygens (including phenoxy) is 1. The Labute approximate surface area is 161 Å². The molecule has 0 bridgehead atoms. The Hall–Kier alpha value is -3.06. The number of amides is 2. The highest BCUT2D eigenvalue weighted by molar-refractivity contribution is 6.17. The topological polar surface area (TPSA) is 105 Å². The number of carboxylic acid groups (broad SMARTS) is 1. The number of aliphatic carboxylic acids is 1. The zero-order chi connectivity index (χ0) is 19.6. The van der Waals surface area contributed by atoms with Gasteiger partial charge in [-0.1, -0.05) is 42.5 Å². The van der Waals surface area contributed by atoms with Gasteiger partial charge < -0.3 is 20.5 Å². The van der Waals surface area contributed by atoms with Gasteiger partial charge in [-0.25, -0.2) is 9.59 Å². The third-order valence-electron chi connectivity index (χ3n) is 3.64. The standard InChI is InChI=1S/C19H19ClN2O5/c20-10-13-6-8-15(9-7-13)17(23)21-11-16(18(24)25)22-19(26)27-12-14-4-2-1-3-5-14/h1-9,16H,10-12H2,(H,21,23)(H,22,26)(H,24,25). The highest BCUT2D eigenvalue weighted by Gasteiger charge is 2.21. The maximum Gasteiger partial charge on any atom is 0.408 e. The minimum Gasteiger partial charge on any atom is -0.480 e. The molecular formula is C19H19ClN2O5. The number of halogens is 1. The van der Waals surface area contributed by atoms with E-state index in [1.807, 2.05) is 6.07 Å². The van der Waals surface area contributed by atoms with Crippen LogP contribution in [-0.4, -0.2) is 35.7 Å². The van der Waals surface area contributed by atoms with E-state index in [9.17, 15) is 19.5 Å². The molecule has 0 saturated carbocycles. The summed E-state index contributed by atoms with van der Waals surface area (Å²) in [6.07, 6.45) is -0.882. The Bertz CT molecular complexity index is 780. The van der Waals surface area contributed by atoms with E-state index in [1.54, 1.807) is 48.5 Å². The fourth-order valence-electron chi connectivity index (χ4n) is 2.15. The molecule has 0 heterocycles. The quantitative estimate of drug-likeness (QED) is 0.601. The molecule has 3 N–H and O–H groups in total. The zero-order valence-electron chi connectivity index (χ0n) is 14.4. The largest absolute Gasteiger partial charge is 0.480 e. The first-order chi connectivity index (χ1) is 13.0. The number of carbonyl (C=O) groups excluding carboxylic acids is 2. The van der Waals surface area contributed by atoms with Crippen LogP contribution in [0.3, 0.4) is 0 Å².